The number of ketones is 1. The van der Waals surface area contributed by atoms with E-state index in [-0.39, 0.29) is 18.0 Å². The number of rotatable bonds is 7. The second-order valence-corrected chi connectivity index (χ2v) is 8.12. The van der Waals surface area contributed by atoms with Crippen molar-refractivity contribution in [2.75, 3.05) is 6.61 Å². The SMILES string of the molecule is CCO[P@](=O)(c1ccccc1)[C@](O)(CC(C)=O)c1ccc(F)cc1. The summed E-state index contributed by atoms with van der Waals surface area (Å²) in [6.07, 6.45) is -0.398. The van der Waals surface area contributed by atoms with Gasteiger partial charge in [-0.25, -0.2) is 4.39 Å². The van der Waals surface area contributed by atoms with Crippen LogP contribution in [-0.2, 0) is 19.2 Å². The van der Waals surface area contributed by atoms with E-state index >= 15 is 0 Å². The van der Waals surface area contributed by atoms with Crippen molar-refractivity contribution < 1.29 is 23.4 Å². The van der Waals surface area contributed by atoms with Crippen LogP contribution in [0.15, 0.2) is 54.6 Å². The van der Waals surface area contributed by atoms with Gasteiger partial charge in [0.1, 0.15) is 11.6 Å². The highest BCUT2D eigenvalue weighted by Crippen LogP contribution is 2.63. The van der Waals surface area contributed by atoms with Gasteiger partial charge in [0.15, 0.2) is 5.34 Å². The molecule has 2 atom stereocenters. The number of hydrogen-bond donors (Lipinski definition) is 1. The highest BCUT2D eigenvalue weighted by Gasteiger charge is 2.51. The molecule has 0 fully saturated rings. The van der Waals surface area contributed by atoms with E-state index in [0.29, 0.717) is 5.30 Å². The third kappa shape index (κ3) is 3.48. The minimum Gasteiger partial charge on any atom is -0.374 e. The molecule has 4 nitrogen and oxygen atoms in total. The van der Waals surface area contributed by atoms with Gasteiger partial charge < -0.3 is 9.63 Å². The fraction of sp³-hybridized carbons (Fsp3) is 0.278. The summed E-state index contributed by atoms with van der Waals surface area (Å²) in [4.78, 5) is 11.8. The molecule has 0 unspecified atom stereocenters. The number of benzene rings is 2. The van der Waals surface area contributed by atoms with E-state index in [1.165, 1.54) is 19.1 Å². The number of Topliss-reactive ketones (excluding diaryl/α,β-unsaturated/α-hetero) is 1. The van der Waals surface area contributed by atoms with Gasteiger partial charge in [-0.05, 0) is 43.7 Å². The monoisotopic (exact) mass is 350 g/mol. The van der Waals surface area contributed by atoms with Gasteiger partial charge >= 0.3 is 0 Å². The number of carbonyl (C=O) groups is 1. The topological polar surface area (TPSA) is 63.6 Å². The fourth-order valence-corrected chi connectivity index (χ4v) is 5.28. The molecule has 1 N–H and O–H groups in total. The summed E-state index contributed by atoms with van der Waals surface area (Å²) in [5, 5.41) is 9.56. The Bertz CT molecular complexity index is 745. The van der Waals surface area contributed by atoms with Crippen LogP contribution in [0.3, 0.4) is 0 Å². The van der Waals surface area contributed by atoms with Gasteiger partial charge in [0.05, 0.1) is 6.61 Å². The molecule has 6 heteroatoms. The molecule has 0 heterocycles. The quantitative estimate of drug-likeness (QED) is 0.775. The molecule has 0 aliphatic rings. The van der Waals surface area contributed by atoms with Gasteiger partial charge in [-0.3, -0.25) is 9.36 Å². The zero-order valence-corrected chi connectivity index (χ0v) is 14.5. The van der Waals surface area contributed by atoms with E-state index in [0.717, 1.165) is 12.1 Å². The van der Waals surface area contributed by atoms with Gasteiger partial charge in [-0.15, -0.1) is 0 Å². The van der Waals surface area contributed by atoms with Crippen molar-refractivity contribution in [2.45, 2.75) is 25.6 Å². The van der Waals surface area contributed by atoms with E-state index in [9.17, 15) is 18.9 Å². The largest absolute Gasteiger partial charge is 0.374 e. The van der Waals surface area contributed by atoms with E-state index in [1.807, 2.05) is 0 Å². The zero-order chi connectivity index (χ0) is 17.8. The zero-order valence-electron chi connectivity index (χ0n) is 13.6. The molecule has 0 bridgehead atoms. The van der Waals surface area contributed by atoms with E-state index in [1.54, 1.807) is 37.3 Å². The highest BCUT2D eigenvalue weighted by atomic mass is 31.2. The Labute approximate surface area is 140 Å². The predicted octanol–water partition coefficient (Wildman–Crippen LogP) is 3.59. The lowest BCUT2D eigenvalue weighted by Gasteiger charge is -2.35. The molecule has 2 aromatic rings. The minimum absolute atomic E-state index is 0.0909. The lowest BCUT2D eigenvalue weighted by molar-refractivity contribution is -0.120. The first-order valence-corrected chi connectivity index (χ1v) is 9.24. The standard InChI is InChI=1S/C18H20FO4P/c1-3-23-24(22,17-7-5-4-6-8-17)18(21,13-14(2)20)15-9-11-16(19)12-10-15/h4-12,21H,3,13H2,1-2H3/t18-,24-/m1/s1. The normalized spacial score (nSPS) is 16.2. The molecular weight excluding hydrogens is 330 g/mol. The molecule has 0 radical (unpaired) electrons. The number of carbonyl (C=O) groups excluding carboxylic acids is 1. The molecule has 24 heavy (non-hydrogen) atoms. The van der Waals surface area contributed by atoms with Gasteiger partial charge in [0.25, 0.3) is 7.37 Å². The molecule has 0 aliphatic heterocycles. The number of hydrogen-bond acceptors (Lipinski definition) is 4. The van der Waals surface area contributed by atoms with Crippen LogP contribution in [0.4, 0.5) is 4.39 Å². The maximum Gasteiger partial charge on any atom is 0.267 e. The second kappa shape index (κ2) is 7.39. The molecule has 0 saturated carbocycles. The van der Waals surface area contributed by atoms with Crippen LogP contribution in [-0.4, -0.2) is 17.5 Å². The molecular formula is C18H20FO4P. The Balaban J connectivity index is 2.69. The Morgan fingerprint density at radius 1 is 1.17 bits per heavy atom. The van der Waals surface area contributed by atoms with Gasteiger partial charge in [-0.2, -0.15) is 0 Å². The molecule has 128 valence electrons. The van der Waals surface area contributed by atoms with Crippen LogP contribution < -0.4 is 5.30 Å². The van der Waals surface area contributed by atoms with Crippen LogP contribution in [0.5, 0.6) is 0 Å². The number of halogens is 1. The first-order valence-electron chi connectivity index (χ1n) is 7.61. The van der Waals surface area contributed by atoms with Crippen molar-refractivity contribution >= 4 is 18.5 Å². The maximum atomic E-state index is 13.7. The second-order valence-electron chi connectivity index (χ2n) is 5.51. The average Bonchev–Trinajstić information content (AvgIpc) is 2.55. The van der Waals surface area contributed by atoms with Crippen LogP contribution in [0, 0.1) is 5.82 Å². The van der Waals surface area contributed by atoms with Crippen molar-refractivity contribution in [3.8, 4) is 0 Å². The maximum absolute atomic E-state index is 13.7. The van der Waals surface area contributed by atoms with Crippen molar-refractivity contribution in [1.29, 1.82) is 0 Å². The summed E-state index contributed by atoms with van der Waals surface area (Å²) in [5.74, 6) is -0.840. The van der Waals surface area contributed by atoms with Crippen LogP contribution >= 0.6 is 7.37 Å². The smallest absolute Gasteiger partial charge is 0.267 e. The lowest BCUT2D eigenvalue weighted by atomic mass is 10.0. The Morgan fingerprint density at radius 2 is 1.75 bits per heavy atom. The third-order valence-electron chi connectivity index (χ3n) is 3.70. The average molecular weight is 350 g/mol. The van der Waals surface area contributed by atoms with Gasteiger partial charge in [-0.1, -0.05) is 30.3 Å². The molecule has 2 aromatic carbocycles. The van der Waals surface area contributed by atoms with Gasteiger partial charge in [0.2, 0.25) is 0 Å². The first kappa shape index (κ1) is 18.5. The summed E-state index contributed by atoms with van der Waals surface area (Å²) in [7, 11) is -3.87. The van der Waals surface area contributed by atoms with E-state index in [4.69, 9.17) is 4.52 Å². The molecule has 0 saturated heterocycles. The van der Waals surface area contributed by atoms with E-state index in [2.05, 4.69) is 0 Å². The van der Waals surface area contributed by atoms with Crippen LogP contribution in [0.25, 0.3) is 0 Å². The Kier molecular flexibility index (Phi) is 5.70. The van der Waals surface area contributed by atoms with Crippen LogP contribution in [0.1, 0.15) is 25.8 Å². The summed E-state index contributed by atoms with van der Waals surface area (Å²) in [6, 6.07) is 13.3. The van der Waals surface area contributed by atoms with Crippen molar-refractivity contribution in [3.63, 3.8) is 0 Å². The molecule has 0 aliphatic carbocycles. The highest BCUT2D eigenvalue weighted by molar-refractivity contribution is 7.67. The molecule has 0 aromatic heterocycles. The van der Waals surface area contributed by atoms with Gasteiger partial charge in [0, 0.05) is 11.7 Å². The van der Waals surface area contributed by atoms with E-state index < -0.39 is 24.9 Å². The fourth-order valence-electron chi connectivity index (χ4n) is 2.64. The first-order chi connectivity index (χ1) is 11.3. The Hall–Kier alpha value is -1.81. The predicted molar refractivity (Wildman–Crippen MR) is 90.9 cm³/mol. The van der Waals surface area contributed by atoms with Crippen molar-refractivity contribution in [3.05, 3.63) is 66.0 Å². The molecule has 0 amide bonds. The third-order valence-corrected chi connectivity index (χ3v) is 6.69. The molecule has 2 rings (SSSR count). The van der Waals surface area contributed by atoms with Crippen molar-refractivity contribution in [1.82, 2.24) is 0 Å². The summed E-state index contributed by atoms with van der Waals surface area (Å²) < 4.78 is 32.5. The summed E-state index contributed by atoms with van der Waals surface area (Å²) in [5.41, 5.74) is 0.180. The molecule has 0 spiro atoms. The van der Waals surface area contributed by atoms with Crippen molar-refractivity contribution in [2.24, 2.45) is 0 Å². The lowest BCUT2D eigenvalue weighted by Crippen LogP contribution is -2.34. The summed E-state index contributed by atoms with van der Waals surface area (Å²) >= 11 is 0. The minimum atomic E-state index is -3.87. The summed E-state index contributed by atoms with van der Waals surface area (Å²) in [6.45, 7) is 3.05. The van der Waals surface area contributed by atoms with Crippen LogP contribution in [0.2, 0.25) is 0 Å². The Morgan fingerprint density at radius 3 is 2.25 bits per heavy atom. The number of aliphatic hydroxyl groups is 1.